The van der Waals surface area contributed by atoms with E-state index in [1.54, 1.807) is 7.11 Å². The van der Waals surface area contributed by atoms with Crippen molar-refractivity contribution in [2.45, 2.75) is 33.3 Å². The molecule has 1 unspecified atom stereocenters. The summed E-state index contributed by atoms with van der Waals surface area (Å²) in [6, 6.07) is 8.02. The first-order valence-corrected chi connectivity index (χ1v) is 8.63. The Balaban J connectivity index is 2.00. The molecule has 0 radical (unpaired) electrons. The number of ether oxygens (including phenoxy) is 2. The highest BCUT2D eigenvalue weighted by atomic mass is 16.5. The molecule has 2 rings (SSSR count). The van der Waals surface area contributed by atoms with Gasteiger partial charge in [0.05, 0.1) is 13.7 Å². The van der Waals surface area contributed by atoms with Crippen molar-refractivity contribution < 1.29 is 14.3 Å². The Morgan fingerprint density at radius 1 is 1.33 bits per heavy atom. The van der Waals surface area contributed by atoms with Crippen molar-refractivity contribution in [2.75, 3.05) is 39.9 Å². The summed E-state index contributed by atoms with van der Waals surface area (Å²) in [5.74, 6) is 0.939. The third kappa shape index (κ3) is 5.80. The Morgan fingerprint density at radius 2 is 2.04 bits per heavy atom. The molecule has 24 heavy (non-hydrogen) atoms. The van der Waals surface area contributed by atoms with Crippen molar-refractivity contribution in [2.24, 2.45) is 5.41 Å². The number of hydrogen-bond acceptors (Lipinski definition) is 4. The topological polar surface area (TPSA) is 50.8 Å². The lowest BCUT2D eigenvalue weighted by molar-refractivity contribution is -0.146. The van der Waals surface area contributed by atoms with E-state index in [0.29, 0.717) is 19.7 Å². The van der Waals surface area contributed by atoms with Crippen molar-refractivity contribution >= 4 is 5.91 Å². The molecule has 1 aliphatic heterocycles. The molecule has 0 spiro atoms. The first kappa shape index (κ1) is 18.7. The second-order valence-corrected chi connectivity index (χ2v) is 7.48. The van der Waals surface area contributed by atoms with Crippen molar-refractivity contribution in [3.63, 3.8) is 0 Å². The molecular formula is C19H30N2O3. The van der Waals surface area contributed by atoms with Gasteiger partial charge in [0.25, 0.3) is 5.91 Å². The Labute approximate surface area is 145 Å². The fraction of sp³-hybridized carbons (Fsp3) is 0.632. The van der Waals surface area contributed by atoms with Gasteiger partial charge in [-0.25, -0.2) is 0 Å². The highest BCUT2D eigenvalue weighted by molar-refractivity contribution is 5.81. The van der Waals surface area contributed by atoms with E-state index >= 15 is 0 Å². The van der Waals surface area contributed by atoms with E-state index in [4.69, 9.17) is 9.47 Å². The molecule has 1 aromatic carbocycles. The number of hydrogen-bond donors (Lipinski definition) is 1. The van der Waals surface area contributed by atoms with Crippen LogP contribution >= 0.6 is 0 Å². The highest BCUT2D eigenvalue weighted by Gasteiger charge is 2.29. The number of benzene rings is 1. The molecule has 5 heteroatoms. The predicted octanol–water partition coefficient (Wildman–Crippen LogP) is 2.10. The van der Waals surface area contributed by atoms with Crippen LogP contribution in [0, 0.1) is 5.41 Å². The largest absolute Gasteiger partial charge is 0.497 e. The molecule has 0 aliphatic carbocycles. The van der Waals surface area contributed by atoms with Gasteiger partial charge in [0.2, 0.25) is 0 Å². The third-order valence-corrected chi connectivity index (χ3v) is 4.01. The summed E-state index contributed by atoms with van der Waals surface area (Å²) in [4.78, 5) is 14.8. The molecule has 0 aromatic heterocycles. The zero-order valence-electron chi connectivity index (χ0n) is 15.3. The van der Waals surface area contributed by atoms with Gasteiger partial charge >= 0.3 is 0 Å². The van der Waals surface area contributed by atoms with E-state index < -0.39 is 0 Å². The Morgan fingerprint density at radius 3 is 2.58 bits per heavy atom. The minimum absolute atomic E-state index is 0.0532. The standard InChI is InChI=1S/C19H30N2O3/c1-19(2,3)14-21(18(22)17-13-20-10-12-24-17)11-9-15-5-7-16(23-4)8-6-15/h5-8,17,20H,9-14H2,1-4H3. The van der Waals surface area contributed by atoms with Crippen molar-refractivity contribution in [3.8, 4) is 5.75 Å². The Bertz CT molecular complexity index is 516. The Kier molecular flexibility index (Phi) is 6.63. The number of rotatable bonds is 6. The van der Waals surface area contributed by atoms with Crippen LogP contribution in [0.15, 0.2) is 24.3 Å². The molecule has 1 heterocycles. The van der Waals surface area contributed by atoms with Crippen molar-refractivity contribution in [1.82, 2.24) is 10.2 Å². The van der Waals surface area contributed by atoms with E-state index in [1.807, 2.05) is 17.0 Å². The summed E-state index contributed by atoms with van der Waals surface area (Å²) in [7, 11) is 1.66. The highest BCUT2D eigenvalue weighted by Crippen LogP contribution is 2.18. The second-order valence-electron chi connectivity index (χ2n) is 7.48. The van der Waals surface area contributed by atoms with Crippen LogP contribution in [0.2, 0.25) is 0 Å². The second kappa shape index (κ2) is 8.49. The normalized spacial score (nSPS) is 18.2. The van der Waals surface area contributed by atoms with Gasteiger partial charge in [-0.2, -0.15) is 0 Å². The fourth-order valence-electron chi connectivity index (χ4n) is 2.82. The van der Waals surface area contributed by atoms with Crippen LogP contribution in [0.5, 0.6) is 5.75 Å². The number of methoxy groups -OCH3 is 1. The summed E-state index contributed by atoms with van der Waals surface area (Å²) >= 11 is 0. The van der Waals surface area contributed by atoms with Crippen LogP contribution in [0.3, 0.4) is 0 Å². The van der Waals surface area contributed by atoms with Crippen LogP contribution in [0.1, 0.15) is 26.3 Å². The van der Waals surface area contributed by atoms with Crippen molar-refractivity contribution in [1.29, 1.82) is 0 Å². The van der Waals surface area contributed by atoms with Gasteiger partial charge in [0, 0.05) is 26.2 Å². The molecule has 1 amide bonds. The molecule has 0 saturated carbocycles. The van der Waals surface area contributed by atoms with Crippen LogP contribution in [-0.2, 0) is 16.0 Å². The van der Waals surface area contributed by atoms with Crippen LogP contribution < -0.4 is 10.1 Å². The van der Waals surface area contributed by atoms with Gasteiger partial charge in [0.1, 0.15) is 11.9 Å². The van der Waals surface area contributed by atoms with E-state index in [9.17, 15) is 4.79 Å². The molecule has 1 atom stereocenters. The lowest BCUT2D eigenvalue weighted by Gasteiger charge is -2.34. The minimum atomic E-state index is -0.364. The van der Waals surface area contributed by atoms with Crippen LogP contribution in [0.25, 0.3) is 0 Å². The van der Waals surface area contributed by atoms with Gasteiger partial charge in [-0.3, -0.25) is 4.79 Å². The molecule has 1 fully saturated rings. The van der Waals surface area contributed by atoms with Crippen LogP contribution in [0.4, 0.5) is 0 Å². The summed E-state index contributed by atoms with van der Waals surface area (Å²) in [5.41, 5.74) is 1.25. The average molecular weight is 334 g/mol. The van der Waals surface area contributed by atoms with Gasteiger partial charge in [-0.05, 0) is 29.5 Å². The molecule has 1 N–H and O–H groups in total. The molecule has 1 saturated heterocycles. The zero-order valence-corrected chi connectivity index (χ0v) is 15.3. The SMILES string of the molecule is COc1ccc(CCN(CC(C)(C)C)C(=O)C2CNCCO2)cc1. The van der Waals surface area contributed by atoms with Crippen molar-refractivity contribution in [3.05, 3.63) is 29.8 Å². The van der Waals surface area contributed by atoms with Crippen LogP contribution in [-0.4, -0.2) is 56.8 Å². The lowest BCUT2D eigenvalue weighted by atomic mass is 9.95. The maximum absolute atomic E-state index is 12.8. The summed E-state index contributed by atoms with van der Waals surface area (Å²) < 4.78 is 10.8. The van der Waals surface area contributed by atoms with E-state index in [0.717, 1.165) is 25.3 Å². The summed E-state index contributed by atoms with van der Waals surface area (Å²) in [5, 5.41) is 3.23. The maximum atomic E-state index is 12.8. The van der Waals surface area contributed by atoms with E-state index in [2.05, 4.69) is 38.2 Å². The van der Waals surface area contributed by atoms with Gasteiger partial charge in [-0.1, -0.05) is 32.9 Å². The molecule has 134 valence electrons. The Hall–Kier alpha value is -1.59. The number of morpholine rings is 1. The molecule has 1 aliphatic rings. The predicted molar refractivity (Wildman–Crippen MR) is 95.3 cm³/mol. The van der Waals surface area contributed by atoms with E-state index in [-0.39, 0.29) is 17.4 Å². The molecule has 5 nitrogen and oxygen atoms in total. The summed E-state index contributed by atoms with van der Waals surface area (Å²) in [6.07, 6.45) is 0.461. The number of carbonyl (C=O) groups excluding carboxylic acids is 1. The lowest BCUT2D eigenvalue weighted by Crippen LogP contribution is -2.51. The monoisotopic (exact) mass is 334 g/mol. The zero-order chi connectivity index (χ0) is 17.6. The number of nitrogens with one attached hydrogen (secondary N) is 1. The fourth-order valence-corrected chi connectivity index (χ4v) is 2.82. The van der Waals surface area contributed by atoms with Gasteiger partial charge in [0.15, 0.2) is 0 Å². The summed E-state index contributed by atoms with van der Waals surface area (Å²) in [6.45, 7) is 9.89. The number of carbonyl (C=O) groups is 1. The third-order valence-electron chi connectivity index (χ3n) is 4.01. The first-order chi connectivity index (χ1) is 11.4. The molecule has 0 bridgehead atoms. The smallest absolute Gasteiger partial charge is 0.253 e. The first-order valence-electron chi connectivity index (χ1n) is 8.63. The van der Waals surface area contributed by atoms with Gasteiger partial charge < -0.3 is 19.7 Å². The average Bonchev–Trinajstić information content (AvgIpc) is 2.58. The van der Waals surface area contributed by atoms with E-state index in [1.165, 1.54) is 5.56 Å². The molecule has 1 aromatic rings. The quantitative estimate of drug-likeness (QED) is 0.866. The molecular weight excluding hydrogens is 304 g/mol. The minimum Gasteiger partial charge on any atom is -0.497 e. The number of nitrogens with zero attached hydrogens (tertiary/aromatic N) is 1. The maximum Gasteiger partial charge on any atom is 0.253 e. The number of amides is 1. The van der Waals surface area contributed by atoms with Gasteiger partial charge in [-0.15, -0.1) is 0 Å².